The van der Waals surface area contributed by atoms with Crippen LogP contribution in [0.1, 0.15) is 65.4 Å². The highest BCUT2D eigenvalue weighted by Crippen LogP contribution is 2.58. The normalized spacial score (nSPS) is 23.6. The zero-order valence-corrected chi connectivity index (χ0v) is 20.8. The molecule has 2 N–H and O–H groups in total. The standard InChI is InChI=1S/C28H34N4O2/c1-6-12-34-23-11-8-18(13-24(23)33-7-2)25-21-14-19(27(3,4)5)9-10-20(21)22(15-29)26(32)28(25,16-30)17-31/h8,10-11,13,19,21,25H,6-7,9,12,14,32H2,1-5H3/t19-,21+,25+/m0/s1. The van der Waals surface area contributed by atoms with Crippen LogP contribution in [0.5, 0.6) is 11.5 Å². The highest BCUT2D eigenvalue weighted by Gasteiger charge is 2.55. The Morgan fingerprint density at radius 1 is 1.09 bits per heavy atom. The van der Waals surface area contributed by atoms with E-state index in [2.05, 4.69) is 45.1 Å². The first-order chi connectivity index (χ1) is 16.2. The molecule has 0 aliphatic heterocycles. The van der Waals surface area contributed by atoms with Gasteiger partial charge in [0.2, 0.25) is 0 Å². The summed E-state index contributed by atoms with van der Waals surface area (Å²) in [6.45, 7) is 11.6. The molecule has 0 heterocycles. The van der Waals surface area contributed by atoms with E-state index in [-0.39, 0.29) is 22.6 Å². The van der Waals surface area contributed by atoms with Gasteiger partial charge in [-0.1, -0.05) is 39.8 Å². The Morgan fingerprint density at radius 3 is 2.35 bits per heavy atom. The van der Waals surface area contributed by atoms with Gasteiger partial charge in [0.15, 0.2) is 16.9 Å². The third-order valence-corrected chi connectivity index (χ3v) is 7.19. The van der Waals surface area contributed by atoms with Crippen molar-refractivity contribution in [3.05, 3.63) is 46.7 Å². The second-order valence-electron chi connectivity index (χ2n) is 10.2. The Labute approximate surface area is 203 Å². The molecule has 1 aromatic rings. The van der Waals surface area contributed by atoms with Crippen LogP contribution >= 0.6 is 0 Å². The van der Waals surface area contributed by atoms with Gasteiger partial charge in [-0.3, -0.25) is 0 Å². The Balaban J connectivity index is 2.25. The summed E-state index contributed by atoms with van der Waals surface area (Å²) >= 11 is 0. The molecule has 0 spiro atoms. The van der Waals surface area contributed by atoms with E-state index in [1.165, 1.54) is 0 Å². The predicted molar refractivity (Wildman–Crippen MR) is 130 cm³/mol. The number of nitrogens with zero attached hydrogens (tertiary/aromatic N) is 3. The first-order valence-corrected chi connectivity index (χ1v) is 12.0. The molecule has 34 heavy (non-hydrogen) atoms. The first-order valence-electron chi connectivity index (χ1n) is 12.0. The molecule has 0 saturated carbocycles. The lowest BCUT2D eigenvalue weighted by Crippen LogP contribution is -2.44. The van der Waals surface area contributed by atoms with Crippen LogP contribution < -0.4 is 15.2 Å². The van der Waals surface area contributed by atoms with Crippen molar-refractivity contribution in [2.24, 2.45) is 28.4 Å². The van der Waals surface area contributed by atoms with Crippen LogP contribution in [0.15, 0.2) is 41.1 Å². The number of benzene rings is 1. The third kappa shape index (κ3) is 4.24. The lowest BCUT2D eigenvalue weighted by atomic mass is 9.54. The molecular formula is C28H34N4O2. The summed E-state index contributed by atoms with van der Waals surface area (Å²) < 4.78 is 11.7. The Bertz CT molecular complexity index is 1110. The maximum absolute atomic E-state index is 10.3. The number of hydrogen-bond donors (Lipinski definition) is 1. The van der Waals surface area contributed by atoms with Crippen molar-refractivity contribution in [1.29, 1.82) is 15.8 Å². The quantitative estimate of drug-likeness (QED) is 0.581. The van der Waals surface area contributed by atoms with Crippen molar-refractivity contribution >= 4 is 0 Å². The van der Waals surface area contributed by atoms with Gasteiger partial charge in [0, 0.05) is 5.92 Å². The van der Waals surface area contributed by atoms with Crippen LogP contribution in [0, 0.1) is 56.7 Å². The fraction of sp³-hybridized carbons (Fsp3) is 0.536. The van der Waals surface area contributed by atoms with Gasteiger partial charge in [0.1, 0.15) is 6.07 Å². The predicted octanol–water partition coefficient (Wildman–Crippen LogP) is 5.74. The summed E-state index contributed by atoms with van der Waals surface area (Å²) in [6, 6.07) is 12.3. The Hall–Kier alpha value is -3.43. The van der Waals surface area contributed by atoms with Crippen molar-refractivity contribution in [2.45, 2.75) is 59.8 Å². The number of fused-ring (bicyclic) bond motifs is 1. The second kappa shape index (κ2) is 9.82. The summed E-state index contributed by atoms with van der Waals surface area (Å²) in [5.41, 5.74) is 6.82. The number of ether oxygens (including phenoxy) is 2. The highest BCUT2D eigenvalue weighted by atomic mass is 16.5. The molecule has 0 amide bonds. The van der Waals surface area contributed by atoms with Gasteiger partial charge in [-0.2, -0.15) is 15.8 Å². The van der Waals surface area contributed by atoms with Gasteiger partial charge in [-0.25, -0.2) is 0 Å². The SMILES string of the molecule is CCCOc1ccc([C@@H]2[C@@H]3C[C@@H](C(C)(C)C)CC=C3C(C#N)=C(N)C2(C#N)C#N)cc1OCC. The summed E-state index contributed by atoms with van der Waals surface area (Å²) in [5.74, 6) is 0.847. The van der Waals surface area contributed by atoms with Crippen molar-refractivity contribution in [3.63, 3.8) is 0 Å². The van der Waals surface area contributed by atoms with E-state index in [1.807, 2.05) is 32.0 Å². The van der Waals surface area contributed by atoms with Gasteiger partial charge >= 0.3 is 0 Å². The van der Waals surface area contributed by atoms with Gasteiger partial charge in [-0.05, 0) is 66.7 Å². The zero-order valence-electron chi connectivity index (χ0n) is 20.8. The van der Waals surface area contributed by atoms with Crippen LogP contribution in [0.4, 0.5) is 0 Å². The molecule has 2 aliphatic carbocycles. The molecule has 1 aromatic carbocycles. The van der Waals surface area contributed by atoms with Gasteiger partial charge < -0.3 is 15.2 Å². The van der Waals surface area contributed by atoms with E-state index in [0.29, 0.717) is 30.6 Å². The zero-order chi connectivity index (χ0) is 25.1. The molecule has 6 nitrogen and oxygen atoms in total. The highest BCUT2D eigenvalue weighted by molar-refractivity contribution is 5.60. The van der Waals surface area contributed by atoms with Gasteiger partial charge in [0.25, 0.3) is 0 Å². The smallest absolute Gasteiger partial charge is 0.191 e. The van der Waals surface area contributed by atoms with Crippen LogP contribution in [0.2, 0.25) is 0 Å². The topological polar surface area (TPSA) is 116 Å². The Morgan fingerprint density at radius 2 is 1.79 bits per heavy atom. The average Bonchev–Trinajstić information content (AvgIpc) is 2.82. The molecule has 0 fully saturated rings. The van der Waals surface area contributed by atoms with E-state index in [4.69, 9.17) is 15.2 Å². The maximum atomic E-state index is 10.3. The lowest BCUT2D eigenvalue weighted by molar-refractivity contribution is 0.170. The van der Waals surface area contributed by atoms with Gasteiger partial charge in [0.05, 0.1) is 36.6 Å². The summed E-state index contributed by atoms with van der Waals surface area (Å²) in [6.07, 6.45) is 4.57. The fourth-order valence-corrected chi connectivity index (χ4v) is 5.29. The summed E-state index contributed by atoms with van der Waals surface area (Å²) in [5, 5.41) is 30.6. The van der Waals surface area contributed by atoms with E-state index in [0.717, 1.165) is 30.4 Å². The number of nitriles is 3. The minimum atomic E-state index is -1.65. The third-order valence-electron chi connectivity index (χ3n) is 7.19. The van der Waals surface area contributed by atoms with E-state index in [1.54, 1.807) is 0 Å². The Kier molecular flexibility index (Phi) is 7.28. The molecule has 0 saturated heterocycles. The molecule has 6 heteroatoms. The van der Waals surface area contributed by atoms with Crippen LogP contribution in [-0.4, -0.2) is 13.2 Å². The number of allylic oxidation sites excluding steroid dienone is 4. The van der Waals surface area contributed by atoms with E-state index >= 15 is 0 Å². The molecule has 178 valence electrons. The molecular weight excluding hydrogens is 424 g/mol. The largest absolute Gasteiger partial charge is 0.490 e. The van der Waals surface area contributed by atoms with Crippen LogP contribution in [-0.2, 0) is 0 Å². The number of nitrogens with two attached hydrogens (primary N) is 1. The van der Waals surface area contributed by atoms with Crippen LogP contribution in [0.3, 0.4) is 0 Å². The minimum Gasteiger partial charge on any atom is -0.490 e. The molecule has 3 rings (SSSR count). The minimum absolute atomic E-state index is 0.0440. The maximum Gasteiger partial charge on any atom is 0.191 e. The fourth-order valence-electron chi connectivity index (χ4n) is 5.29. The molecule has 0 radical (unpaired) electrons. The first kappa shape index (κ1) is 25.2. The molecule has 3 atom stereocenters. The molecule has 0 aromatic heterocycles. The average molecular weight is 459 g/mol. The molecule has 0 bridgehead atoms. The molecule has 2 aliphatic rings. The van der Waals surface area contributed by atoms with Crippen molar-refractivity contribution in [3.8, 4) is 29.7 Å². The van der Waals surface area contributed by atoms with Crippen molar-refractivity contribution in [1.82, 2.24) is 0 Å². The number of hydrogen-bond acceptors (Lipinski definition) is 6. The van der Waals surface area contributed by atoms with Crippen molar-refractivity contribution < 1.29 is 9.47 Å². The molecule has 0 unspecified atom stereocenters. The van der Waals surface area contributed by atoms with Crippen LogP contribution in [0.25, 0.3) is 0 Å². The lowest BCUT2D eigenvalue weighted by Gasteiger charge is -2.47. The number of rotatable bonds is 6. The van der Waals surface area contributed by atoms with Crippen molar-refractivity contribution in [2.75, 3.05) is 13.2 Å². The van der Waals surface area contributed by atoms with Gasteiger partial charge in [-0.15, -0.1) is 0 Å². The van der Waals surface area contributed by atoms with E-state index < -0.39 is 11.3 Å². The summed E-state index contributed by atoms with van der Waals surface area (Å²) in [7, 11) is 0. The summed E-state index contributed by atoms with van der Waals surface area (Å²) in [4.78, 5) is 0. The second-order valence-corrected chi connectivity index (χ2v) is 10.2. The monoisotopic (exact) mass is 458 g/mol. The van der Waals surface area contributed by atoms with E-state index in [9.17, 15) is 15.8 Å².